The van der Waals surface area contributed by atoms with Gasteiger partial charge in [0.2, 0.25) is 0 Å². The number of anilines is 1. The molecule has 0 saturated heterocycles. The summed E-state index contributed by atoms with van der Waals surface area (Å²) in [6, 6.07) is 34.6. The Morgan fingerprint density at radius 3 is 2.32 bits per heavy atom. The SMILES string of the molecule is COc1cccc(C(=O)N2Cc3ccccc3C(c3ccccc3)c3ccccc32)c1. The van der Waals surface area contributed by atoms with Gasteiger partial charge in [0.1, 0.15) is 5.75 Å². The molecular weight excluding hydrogens is 382 g/mol. The first-order chi connectivity index (χ1) is 15.3. The van der Waals surface area contributed by atoms with Crippen molar-refractivity contribution in [3.8, 4) is 5.75 Å². The molecule has 1 atom stereocenters. The summed E-state index contributed by atoms with van der Waals surface area (Å²) in [5.41, 5.74) is 6.31. The van der Waals surface area contributed by atoms with Crippen LogP contribution in [0.15, 0.2) is 103 Å². The van der Waals surface area contributed by atoms with Crippen LogP contribution in [0.1, 0.15) is 38.5 Å². The van der Waals surface area contributed by atoms with E-state index < -0.39 is 0 Å². The zero-order chi connectivity index (χ0) is 21.2. The van der Waals surface area contributed by atoms with Crippen LogP contribution in [0.3, 0.4) is 0 Å². The zero-order valence-corrected chi connectivity index (χ0v) is 17.4. The highest BCUT2D eigenvalue weighted by atomic mass is 16.5. The molecule has 1 aliphatic heterocycles. The second-order valence-corrected chi connectivity index (χ2v) is 7.72. The first kappa shape index (κ1) is 19.1. The Kier molecular flexibility index (Phi) is 5.01. The molecule has 0 spiro atoms. The van der Waals surface area contributed by atoms with Crippen molar-refractivity contribution in [2.45, 2.75) is 12.5 Å². The second kappa shape index (κ2) is 8.11. The van der Waals surface area contributed by atoms with Crippen LogP contribution in [0.5, 0.6) is 5.75 Å². The lowest BCUT2D eigenvalue weighted by atomic mass is 9.83. The minimum atomic E-state index is -0.0325. The van der Waals surface area contributed by atoms with Crippen LogP contribution in [0, 0.1) is 0 Å². The summed E-state index contributed by atoms with van der Waals surface area (Å²) in [7, 11) is 1.62. The number of carbonyl (C=O) groups is 1. The van der Waals surface area contributed by atoms with Crippen LogP contribution >= 0.6 is 0 Å². The van der Waals surface area contributed by atoms with E-state index in [0.717, 1.165) is 16.8 Å². The van der Waals surface area contributed by atoms with Crippen molar-refractivity contribution in [1.29, 1.82) is 0 Å². The van der Waals surface area contributed by atoms with Crippen molar-refractivity contribution in [3.63, 3.8) is 0 Å². The molecule has 0 radical (unpaired) electrons. The molecule has 0 N–H and O–H groups in total. The largest absolute Gasteiger partial charge is 0.497 e. The van der Waals surface area contributed by atoms with Crippen molar-refractivity contribution in [1.82, 2.24) is 0 Å². The highest BCUT2D eigenvalue weighted by Gasteiger charge is 2.31. The molecule has 4 aromatic rings. The van der Waals surface area contributed by atoms with E-state index in [0.29, 0.717) is 17.9 Å². The Hall–Kier alpha value is -3.85. The Bertz CT molecular complexity index is 1230. The molecule has 1 heterocycles. The molecule has 0 aromatic heterocycles. The molecule has 0 bridgehead atoms. The number of methoxy groups -OCH3 is 1. The van der Waals surface area contributed by atoms with Gasteiger partial charge in [-0.15, -0.1) is 0 Å². The molecule has 3 heteroatoms. The summed E-state index contributed by atoms with van der Waals surface area (Å²) in [5, 5.41) is 0. The summed E-state index contributed by atoms with van der Waals surface area (Å²) >= 11 is 0. The first-order valence-corrected chi connectivity index (χ1v) is 10.4. The fourth-order valence-corrected chi connectivity index (χ4v) is 4.46. The van der Waals surface area contributed by atoms with Crippen LogP contribution < -0.4 is 9.64 Å². The maximum absolute atomic E-state index is 13.7. The smallest absolute Gasteiger partial charge is 0.258 e. The number of nitrogens with zero attached hydrogens (tertiary/aromatic N) is 1. The third-order valence-electron chi connectivity index (χ3n) is 5.93. The Balaban J connectivity index is 1.70. The van der Waals surface area contributed by atoms with E-state index in [9.17, 15) is 4.79 Å². The molecule has 0 fully saturated rings. The average molecular weight is 405 g/mol. The number of rotatable bonds is 3. The Morgan fingerprint density at radius 2 is 1.52 bits per heavy atom. The maximum Gasteiger partial charge on any atom is 0.258 e. The van der Waals surface area contributed by atoms with Crippen LogP contribution in [0.25, 0.3) is 0 Å². The predicted octanol–water partition coefficient (Wildman–Crippen LogP) is 6.04. The molecule has 3 nitrogen and oxygen atoms in total. The molecule has 1 unspecified atom stereocenters. The third kappa shape index (κ3) is 3.49. The monoisotopic (exact) mass is 405 g/mol. The number of benzene rings is 4. The molecule has 0 aliphatic carbocycles. The van der Waals surface area contributed by atoms with E-state index in [1.807, 2.05) is 41.3 Å². The Morgan fingerprint density at radius 1 is 0.806 bits per heavy atom. The summed E-state index contributed by atoms with van der Waals surface area (Å²) in [5.74, 6) is 0.711. The summed E-state index contributed by atoms with van der Waals surface area (Å²) < 4.78 is 5.35. The lowest BCUT2D eigenvalue weighted by molar-refractivity contribution is 0.0985. The number of ether oxygens (including phenoxy) is 1. The predicted molar refractivity (Wildman–Crippen MR) is 124 cm³/mol. The lowest BCUT2D eigenvalue weighted by Gasteiger charge is -2.25. The maximum atomic E-state index is 13.7. The van der Waals surface area contributed by atoms with Crippen molar-refractivity contribution in [2.75, 3.05) is 12.0 Å². The topological polar surface area (TPSA) is 29.5 Å². The molecule has 1 aliphatic rings. The van der Waals surface area contributed by atoms with E-state index in [4.69, 9.17) is 4.74 Å². The van der Waals surface area contributed by atoms with Gasteiger partial charge in [-0.1, -0.05) is 78.9 Å². The number of hydrogen-bond donors (Lipinski definition) is 0. The molecular formula is C28H23NO2. The Labute approximate surface area is 182 Å². The van der Waals surface area contributed by atoms with Crippen LogP contribution in [-0.4, -0.2) is 13.0 Å². The highest BCUT2D eigenvalue weighted by molar-refractivity contribution is 6.07. The van der Waals surface area contributed by atoms with Crippen LogP contribution in [0.2, 0.25) is 0 Å². The number of carbonyl (C=O) groups excluding carboxylic acids is 1. The fourth-order valence-electron chi connectivity index (χ4n) is 4.46. The summed E-state index contributed by atoms with van der Waals surface area (Å²) in [6.45, 7) is 0.520. The minimum Gasteiger partial charge on any atom is -0.497 e. The molecule has 1 amide bonds. The van der Waals surface area contributed by atoms with Crippen molar-refractivity contribution < 1.29 is 9.53 Å². The average Bonchev–Trinajstić information content (AvgIpc) is 2.99. The van der Waals surface area contributed by atoms with Gasteiger partial charge in [-0.05, 0) is 46.5 Å². The van der Waals surface area contributed by atoms with Crippen molar-refractivity contribution in [2.24, 2.45) is 0 Å². The fraction of sp³-hybridized carbons (Fsp3) is 0.107. The van der Waals surface area contributed by atoms with Gasteiger partial charge >= 0.3 is 0 Å². The number of fused-ring (bicyclic) bond motifs is 2. The van der Waals surface area contributed by atoms with Crippen molar-refractivity contribution in [3.05, 3.63) is 131 Å². The van der Waals surface area contributed by atoms with Crippen molar-refractivity contribution >= 4 is 11.6 Å². The molecule has 31 heavy (non-hydrogen) atoms. The van der Waals surface area contributed by atoms with Gasteiger partial charge in [-0.25, -0.2) is 0 Å². The number of amides is 1. The van der Waals surface area contributed by atoms with E-state index in [2.05, 4.69) is 60.7 Å². The standard InChI is InChI=1S/C28H23NO2/c1-31-23-14-9-13-21(18-23)28(30)29-19-22-12-5-6-15-24(22)27(20-10-3-2-4-11-20)25-16-7-8-17-26(25)29/h2-18,27H,19H2,1H3. The van der Waals surface area contributed by atoms with Gasteiger partial charge in [0.25, 0.3) is 5.91 Å². The second-order valence-electron chi connectivity index (χ2n) is 7.72. The van der Waals surface area contributed by atoms with Crippen LogP contribution in [0.4, 0.5) is 5.69 Å². The van der Waals surface area contributed by atoms with Gasteiger partial charge < -0.3 is 9.64 Å². The van der Waals surface area contributed by atoms with Gasteiger partial charge in [-0.2, -0.15) is 0 Å². The van der Waals surface area contributed by atoms with E-state index in [1.165, 1.54) is 11.1 Å². The van der Waals surface area contributed by atoms with E-state index >= 15 is 0 Å². The number of hydrogen-bond acceptors (Lipinski definition) is 2. The minimum absolute atomic E-state index is 0.0325. The molecule has 4 aromatic carbocycles. The third-order valence-corrected chi connectivity index (χ3v) is 5.93. The van der Waals surface area contributed by atoms with Crippen LogP contribution in [-0.2, 0) is 6.54 Å². The van der Waals surface area contributed by atoms with Gasteiger partial charge in [0, 0.05) is 17.2 Å². The van der Waals surface area contributed by atoms with E-state index in [-0.39, 0.29) is 11.8 Å². The van der Waals surface area contributed by atoms with E-state index in [1.54, 1.807) is 13.2 Å². The summed E-state index contributed by atoms with van der Waals surface area (Å²) in [4.78, 5) is 15.6. The lowest BCUT2D eigenvalue weighted by Crippen LogP contribution is -2.30. The molecule has 152 valence electrons. The quantitative estimate of drug-likeness (QED) is 0.416. The van der Waals surface area contributed by atoms with Gasteiger partial charge in [0.05, 0.1) is 13.7 Å². The normalized spacial score (nSPS) is 14.9. The molecule has 5 rings (SSSR count). The van der Waals surface area contributed by atoms with Gasteiger partial charge in [-0.3, -0.25) is 4.79 Å². The van der Waals surface area contributed by atoms with Gasteiger partial charge in [0.15, 0.2) is 0 Å². The molecule has 0 saturated carbocycles. The highest BCUT2D eigenvalue weighted by Crippen LogP contribution is 2.42. The summed E-state index contributed by atoms with van der Waals surface area (Å²) in [6.07, 6.45) is 0. The zero-order valence-electron chi connectivity index (χ0n) is 17.4. The first-order valence-electron chi connectivity index (χ1n) is 10.4. The number of para-hydroxylation sites is 1.